The van der Waals surface area contributed by atoms with Gasteiger partial charge in [0.25, 0.3) is 5.91 Å². The molecule has 7 heteroatoms. The molecule has 0 unspecified atom stereocenters. The van der Waals surface area contributed by atoms with Gasteiger partial charge in [-0.15, -0.1) is 0 Å². The minimum Gasteiger partial charge on any atom is -0.456 e. The van der Waals surface area contributed by atoms with E-state index in [0.717, 1.165) is 5.56 Å². The van der Waals surface area contributed by atoms with Crippen molar-refractivity contribution in [1.29, 1.82) is 0 Å². The zero-order chi connectivity index (χ0) is 18.5. The van der Waals surface area contributed by atoms with Crippen LogP contribution in [0.3, 0.4) is 0 Å². The molecular formula is C19H17FN2O4. The van der Waals surface area contributed by atoms with E-state index in [1.165, 1.54) is 17.0 Å². The Morgan fingerprint density at radius 2 is 1.85 bits per heavy atom. The first-order valence-corrected chi connectivity index (χ1v) is 8.12. The van der Waals surface area contributed by atoms with Gasteiger partial charge < -0.3 is 10.1 Å². The average Bonchev–Trinajstić information content (AvgIpc) is 2.65. The molecule has 3 rings (SSSR count). The zero-order valence-electron chi connectivity index (χ0n) is 13.9. The summed E-state index contributed by atoms with van der Waals surface area (Å²) in [6.07, 6.45) is 0.470. The van der Waals surface area contributed by atoms with Gasteiger partial charge in [-0.25, -0.2) is 4.39 Å². The minimum absolute atomic E-state index is 0.0794. The van der Waals surface area contributed by atoms with Crippen LogP contribution in [-0.2, 0) is 25.5 Å². The van der Waals surface area contributed by atoms with Gasteiger partial charge >= 0.3 is 5.97 Å². The number of rotatable bonds is 5. The fourth-order valence-electron chi connectivity index (χ4n) is 2.65. The second kappa shape index (κ2) is 7.77. The number of para-hydroxylation sites is 2. The van der Waals surface area contributed by atoms with Crippen molar-refractivity contribution in [3.8, 4) is 0 Å². The number of hydrogen-bond donors (Lipinski definition) is 1. The number of carbonyl (C=O) groups excluding carboxylic acids is 3. The summed E-state index contributed by atoms with van der Waals surface area (Å²) in [5.74, 6) is -1.65. The summed E-state index contributed by atoms with van der Waals surface area (Å²) in [5, 5.41) is 2.68. The molecule has 2 aromatic rings. The van der Waals surface area contributed by atoms with E-state index in [-0.39, 0.29) is 24.7 Å². The maximum Gasteiger partial charge on any atom is 0.306 e. The van der Waals surface area contributed by atoms with Crippen LogP contribution in [0.4, 0.5) is 15.8 Å². The van der Waals surface area contributed by atoms with Crippen molar-refractivity contribution in [2.75, 3.05) is 23.4 Å². The molecule has 1 aliphatic rings. The highest BCUT2D eigenvalue weighted by molar-refractivity contribution is 6.10. The maximum absolute atomic E-state index is 12.8. The van der Waals surface area contributed by atoms with E-state index in [4.69, 9.17) is 4.74 Å². The summed E-state index contributed by atoms with van der Waals surface area (Å²) in [4.78, 5) is 37.2. The van der Waals surface area contributed by atoms with Crippen molar-refractivity contribution in [3.05, 3.63) is 59.9 Å². The fourth-order valence-corrected chi connectivity index (χ4v) is 2.65. The Labute approximate surface area is 149 Å². The van der Waals surface area contributed by atoms with Crippen LogP contribution in [-0.4, -0.2) is 30.9 Å². The van der Waals surface area contributed by atoms with Gasteiger partial charge in [-0.05, 0) is 36.2 Å². The molecule has 0 radical (unpaired) electrons. The summed E-state index contributed by atoms with van der Waals surface area (Å²) in [5.41, 5.74) is 1.91. The topological polar surface area (TPSA) is 75.7 Å². The van der Waals surface area contributed by atoms with Crippen LogP contribution in [0.25, 0.3) is 0 Å². The molecule has 0 aromatic heterocycles. The Hall–Kier alpha value is -3.22. The van der Waals surface area contributed by atoms with E-state index in [1.807, 2.05) is 0 Å². The normalized spacial score (nSPS) is 13.0. The van der Waals surface area contributed by atoms with E-state index in [2.05, 4.69) is 5.32 Å². The van der Waals surface area contributed by atoms with Crippen LogP contribution in [0.1, 0.15) is 12.0 Å². The van der Waals surface area contributed by atoms with Gasteiger partial charge in [-0.3, -0.25) is 19.3 Å². The molecule has 134 valence electrons. The third kappa shape index (κ3) is 4.24. The molecule has 26 heavy (non-hydrogen) atoms. The second-order valence-corrected chi connectivity index (χ2v) is 5.83. The first-order chi connectivity index (χ1) is 12.5. The number of aryl methyl sites for hydroxylation is 1. The van der Waals surface area contributed by atoms with Gasteiger partial charge in [0.05, 0.1) is 11.4 Å². The summed E-state index contributed by atoms with van der Waals surface area (Å²) in [7, 11) is 0. The van der Waals surface area contributed by atoms with Crippen LogP contribution in [0.15, 0.2) is 48.5 Å². The number of nitrogens with zero attached hydrogens (tertiary/aromatic N) is 1. The highest BCUT2D eigenvalue weighted by atomic mass is 19.1. The molecule has 0 spiro atoms. The highest BCUT2D eigenvalue weighted by Gasteiger charge is 2.27. The number of hydrogen-bond acceptors (Lipinski definition) is 4. The average molecular weight is 356 g/mol. The molecule has 0 saturated heterocycles. The quantitative estimate of drug-likeness (QED) is 0.834. The molecule has 0 aliphatic carbocycles. The van der Waals surface area contributed by atoms with E-state index in [1.54, 1.807) is 36.4 Å². The number of amides is 2. The molecule has 1 aliphatic heterocycles. The lowest BCUT2D eigenvalue weighted by Crippen LogP contribution is -2.44. The summed E-state index contributed by atoms with van der Waals surface area (Å²) in [6, 6.07) is 12.7. The van der Waals surface area contributed by atoms with Gasteiger partial charge in [0, 0.05) is 6.42 Å². The van der Waals surface area contributed by atoms with Gasteiger partial charge in [-0.2, -0.15) is 0 Å². The predicted molar refractivity (Wildman–Crippen MR) is 93.1 cm³/mol. The number of ether oxygens (including phenoxy) is 1. The lowest BCUT2D eigenvalue weighted by Gasteiger charge is -2.28. The van der Waals surface area contributed by atoms with Crippen molar-refractivity contribution < 1.29 is 23.5 Å². The monoisotopic (exact) mass is 356 g/mol. The van der Waals surface area contributed by atoms with Crippen LogP contribution in [0, 0.1) is 5.82 Å². The third-order valence-corrected chi connectivity index (χ3v) is 3.96. The Morgan fingerprint density at radius 3 is 2.62 bits per heavy atom. The molecule has 0 saturated carbocycles. The highest BCUT2D eigenvalue weighted by Crippen LogP contribution is 2.28. The number of benzene rings is 2. The SMILES string of the molecule is O=C1CN(C(=O)COC(=O)CCc2ccc(F)cc2)c2ccccc2N1. The maximum atomic E-state index is 12.8. The summed E-state index contributed by atoms with van der Waals surface area (Å²) >= 11 is 0. The first kappa shape index (κ1) is 17.6. The molecule has 0 bridgehead atoms. The van der Waals surface area contributed by atoms with Crippen LogP contribution in [0.5, 0.6) is 0 Å². The van der Waals surface area contributed by atoms with E-state index < -0.39 is 18.5 Å². The number of halogens is 1. The van der Waals surface area contributed by atoms with Crippen molar-refractivity contribution in [2.45, 2.75) is 12.8 Å². The van der Waals surface area contributed by atoms with Crippen molar-refractivity contribution in [3.63, 3.8) is 0 Å². The molecule has 0 atom stereocenters. The standard InChI is InChI=1S/C19H17FN2O4/c20-14-8-5-13(6-9-14)7-10-19(25)26-12-18(24)22-11-17(23)21-15-3-1-2-4-16(15)22/h1-6,8-9H,7,10-12H2,(H,21,23). The number of carbonyl (C=O) groups is 3. The molecule has 1 N–H and O–H groups in total. The predicted octanol–water partition coefficient (Wildman–Crippen LogP) is 2.29. The van der Waals surface area contributed by atoms with Crippen molar-refractivity contribution >= 4 is 29.2 Å². The van der Waals surface area contributed by atoms with Gasteiger partial charge in [0.15, 0.2) is 6.61 Å². The van der Waals surface area contributed by atoms with Crippen molar-refractivity contribution in [2.24, 2.45) is 0 Å². The Balaban J connectivity index is 1.53. The minimum atomic E-state index is -0.530. The second-order valence-electron chi connectivity index (χ2n) is 5.83. The zero-order valence-corrected chi connectivity index (χ0v) is 13.9. The van der Waals surface area contributed by atoms with Gasteiger partial charge in [0.2, 0.25) is 5.91 Å². The number of anilines is 2. The Bertz CT molecular complexity index is 836. The summed E-state index contributed by atoms with van der Waals surface area (Å²) < 4.78 is 17.9. The van der Waals surface area contributed by atoms with Crippen LogP contribution < -0.4 is 10.2 Å². The largest absolute Gasteiger partial charge is 0.456 e. The summed E-state index contributed by atoms with van der Waals surface area (Å²) in [6.45, 7) is -0.563. The lowest BCUT2D eigenvalue weighted by atomic mass is 10.1. The first-order valence-electron chi connectivity index (χ1n) is 8.12. The van der Waals surface area contributed by atoms with Crippen molar-refractivity contribution in [1.82, 2.24) is 0 Å². The molecule has 1 heterocycles. The molecule has 2 amide bonds. The molecular weight excluding hydrogens is 339 g/mol. The third-order valence-electron chi connectivity index (χ3n) is 3.96. The van der Waals surface area contributed by atoms with E-state index >= 15 is 0 Å². The van der Waals surface area contributed by atoms with E-state index in [9.17, 15) is 18.8 Å². The van der Waals surface area contributed by atoms with E-state index in [0.29, 0.717) is 17.8 Å². The lowest BCUT2D eigenvalue weighted by molar-refractivity contribution is -0.147. The smallest absolute Gasteiger partial charge is 0.306 e. The van der Waals surface area contributed by atoms with Crippen LogP contribution >= 0.6 is 0 Å². The molecule has 2 aromatic carbocycles. The molecule has 0 fully saturated rings. The van der Waals surface area contributed by atoms with Gasteiger partial charge in [-0.1, -0.05) is 24.3 Å². The number of fused-ring (bicyclic) bond motifs is 1. The molecule has 6 nitrogen and oxygen atoms in total. The van der Waals surface area contributed by atoms with Gasteiger partial charge in [0.1, 0.15) is 12.4 Å². The number of nitrogens with one attached hydrogen (secondary N) is 1. The van der Waals surface area contributed by atoms with Crippen LogP contribution in [0.2, 0.25) is 0 Å². The Kier molecular flexibility index (Phi) is 5.26. The number of esters is 1. The Morgan fingerprint density at radius 1 is 1.12 bits per heavy atom. The fraction of sp³-hybridized carbons (Fsp3) is 0.211.